The summed E-state index contributed by atoms with van der Waals surface area (Å²) < 4.78 is 5.00. The lowest BCUT2D eigenvalue weighted by atomic mass is 9.86. The highest BCUT2D eigenvalue weighted by Gasteiger charge is 2.23. The first-order valence-electron chi connectivity index (χ1n) is 13.6. The fourth-order valence-corrected chi connectivity index (χ4v) is 6.63. The van der Waals surface area contributed by atoms with Gasteiger partial charge in [-0.2, -0.15) is 0 Å². The number of hydrogen-bond donors (Lipinski definition) is 0. The van der Waals surface area contributed by atoms with Gasteiger partial charge in [-0.3, -0.25) is 0 Å². The van der Waals surface area contributed by atoms with Gasteiger partial charge in [-0.15, -0.1) is 0 Å². The highest BCUT2D eigenvalue weighted by Crippen LogP contribution is 2.42. The van der Waals surface area contributed by atoms with Gasteiger partial charge in [-0.05, 0) is 49.6 Å². The van der Waals surface area contributed by atoms with E-state index in [2.05, 4.69) is 137 Å². The summed E-state index contributed by atoms with van der Waals surface area (Å²) in [5.41, 5.74) is 9.08. The molecule has 0 fully saturated rings. The van der Waals surface area contributed by atoms with Crippen molar-refractivity contribution in [1.82, 2.24) is 9.13 Å². The van der Waals surface area contributed by atoms with Crippen LogP contribution in [0.2, 0.25) is 0 Å². The van der Waals surface area contributed by atoms with Crippen molar-refractivity contribution in [2.45, 2.75) is 19.3 Å². The number of para-hydroxylation sites is 3. The van der Waals surface area contributed by atoms with Crippen molar-refractivity contribution in [1.29, 1.82) is 0 Å². The Morgan fingerprint density at radius 1 is 0.605 bits per heavy atom. The van der Waals surface area contributed by atoms with E-state index in [9.17, 15) is 0 Å². The molecule has 182 valence electrons. The standard InChI is InChI=1S/C36H28N2/c1-3-12-25(13-4-1)26-14-11-17-28(24-26)38-34-21-10-8-19-30(34)32-23-22-31-29-18-7-9-20-33(29)37(35(31)36(32)38)27-15-5-2-6-16-27/h1-10,12,15-25H,11,13-14H2. The minimum atomic E-state index is 0.493. The first-order chi connectivity index (χ1) is 18.9. The molecule has 2 nitrogen and oxygen atoms in total. The Morgan fingerprint density at radius 3 is 1.97 bits per heavy atom. The predicted molar refractivity (Wildman–Crippen MR) is 162 cm³/mol. The number of hydrogen-bond acceptors (Lipinski definition) is 0. The molecule has 0 aliphatic heterocycles. The molecule has 0 N–H and O–H groups in total. The molecule has 0 spiro atoms. The van der Waals surface area contributed by atoms with E-state index in [1.54, 1.807) is 0 Å². The Labute approximate surface area is 222 Å². The Morgan fingerprint density at radius 2 is 1.26 bits per heavy atom. The average molecular weight is 489 g/mol. The number of fused-ring (bicyclic) bond motifs is 7. The van der Waals surface area contributed by atoms with E-state index < -0.39 is 0 Å². The van der Waals surface area contributed by atoms with Crippen LogP contribution in [0.25, 0.3) is 55.0 Å². The van der Waals surface area contributed by atoms with Crippen molar-refractivity contribution < 1.29 is 0 Å². The van der Waals surface area contributed by atoms with Gasteiger partial charge in [0.15, 0.2) is 0 Å². The summed E-state index contributed by atoms with van der Waals surface area (Å²) in [6.45, 7) is 0. The average Bonchev–Trinajstić information content (AvgIpc) is 3.51. The van der Waals surface area contributed by atoms with Crippen LogP contribution < -0.4 is 0 Å². The third-order valence-corrected chi connectivity index (χ3v) is 8.32. The second kappa shape index (κ2) is 8.49. The molecule has 6 aromatic rings. The molecule has 38 heavy (non-hydrogen) atoms. The Hall–Kier alpha value is -4.56. The number of nitrogens with zero attached hydrogens (tertiary/aromatic N) is 2. The summed E-state index contributed by atoms with van der Waals surface area (Å²) in [6, 6.07) is 33.2. The molecular weight excluding hydrogens is 460 g/mol. The van der Waals surface area contributed by atoms with Crippen LogP contribution in [-0.2, 0) is 0 Å². The quantitative estimate of drug-likeness (QED) is 0.235. The first-order valence-corrected chi connectivity index (χ1v) is 13.6. The van der Waals surface area contributed by atoms with E-state index >= 15 is 0 Å². The van der Waals surface area contributed by atoms with E-state index in [0.717, 1.165) is 19.3 Å². The van der Waals surface area contributed by atoms with Gasteiger partial charge >= 0.3 is 0 Å². The van der Waals surface area contributed by atoms with Crippen molar-refractivity contribution in [3.8, 4) is 5.69 Å². The van der Waals surface area contributed by atoms with Gasteiger partial charge in [0.25, 0.3) is 0 Å². The topological polar surface area (TPSA) is 9.86 Å². The molecule has 0 saturated carbocycles. The van der Waals surface area contributed by atoms with Crippen LogP contribution in [0.4, 0.5) is 0 Å². The van der Waals surface area contributed by atoms with Crippen LogP contribution in [0.5, 0.6) is 0 Å². The highest BCUT2D eigenvalue weighted by atomic mass is 15.0. The molecule has 0 amide bonds. The van der Waals surface area contributed by atoms with Gasteiger partial charge in [0.2, 0.25) is 0 Å². The zero-order valence-electron chi connectivity index (χ0n) is 21.2. The predicted octanol–water partition coefficient (Wildman–Crippen LogP) is 9.58. The van der Waals surface area contributed by atoms with E-state index in [1.807, 2.05) is 0 Å². The molecule has 2 heteroatoms. The lowest BCUT2D eigenvalue weighted by molar-refractivity contribution is 0.711. The number of rotatable bonds is 3. The van der Waals surface area contributed by atoms with Crippen molar-refractivity contribution in [3.05, 3.63) is 133 Å². The fraction of sp³-hybridized carbons (Fsp3) is 0.111. The molecule has 2 aromatic heterocycles. The van der Waals surface area contributed by atoms with Crippen LogP contribution in [0.3, 0.4) is 0 Å². The molecule has 0 saturated heterocycles. The van der Waals surface area contributed by atoms with Crippen molar-refractivity contribution in [2.24, 2.45) is 5.92 Å². The second-order valence-corrected chi connectivity index (χ2v) is 10.4. The van der Waals surface area contributed by atoms with Gasteiger partial charge in [-0.25, -0.2) is 0 Å². The van der Waals surface area contributed by atoms with E-state index in [4.69, 9.17) is 0 Å². The SMILES string of the molecule is C1=CCC(C2=CC(n3c4ccccc4c4ccc5c6ccccc6n(-c6ccccc6)c5c43)=CCC2)C=C1. The number of aromatic nitrogens is 2. The third kappa shape index (κ3) is 3.13. The van der Waals surface area contributed by atoms with Gasteiger partial charge in [-0.1, -0.05) is 103 Å². The molecule has 8 rings (SSSR count). The third-order valence-electron chi connectivity index (χ3n) is 8.32. The van der Waals surface area contributed by atoms with Gasteiger partial charge in [0.05, 0.1) is 22.1 Å². The monoisotopic (exact) mass is 488 g/mol. The Bertz CT molecular complexity index is 1990. The molecule has 2 heterocycles. The zero-order chi connectivity index (χ0) is 25.1. The van der Waals surface area contributed by atoms with Crippen molar-refractivity contribution >= 4 is 49.3 Å². The number of benzene rings is 4. The van der Waals surface area contributed by atoms with E-state index in [1.165, 1.54) is 60.6 Å². The molecule has 1 unspecified atom stereocenters. The normalized spacial score (nSPS) is 17.5. The maximum Gasteiger partial charge on any atom is 0.0788 e. The Kier molecular flexibility index (Phi) is 4.81. The van der Waals surface area contributed by atoms with Gasteiger partial charge < -0.3 is 9.13 Å². The lowest BCUT2D eigenvalue weighted by Gasteiger charge is -2.22. The maximum absolute atomic E-state index is 2.53. The largest absolute Gasteiger partial charge is 0.308 e. The van der Waals surface area contributed by atoms with Crippen LogP contribution in [0, 0.1) is 5.92 Å². The van der Waals surface area contributed by atoms with Crippen LogP contribution in [0.15, 0.2) is 133 Å². The van der Waals surface area contributed by atoms with Crippen LogP contribution >= 0.6 is 0 Å². The minimum Gasteiger partial charge on any atom is -0.308 e. The first kappa shape index (κ1) is 21.5. The molecule has 0 radical (unpaired) electrons. The Balaban J connectivity index is 1.52. The molecule has 4 aromatic carbocycles. The summed E-state index contributed by atoms with van der Waals surface area (Å²) in [5.74, 6) is 0.493. The molecule has 2 aliphatic rings. The maximum atomic E-state index is 2.53. The number of allylic oxidation sites excluding steroid dienone is 8. The molecule has 2 aliphatic carbocycles. The van der Waals surface area contributed by atoms with Crippen LogP contribution in [-0.4, -0.2) is 9.13 Å². The molecule has 1 atom stereocenters. The molecular formula is C36H28N2. The van der Waals surface area contributed by atoms with Crippen LogP contribution in [0.1, 0.15) is 19.3 Å². The molecule has 0 bridgehead atoms. The summed E-state index contributed by atoms with van der Waals surface area (Å²) in [5, 5.41) is 5.19. The zero-order valence-corrected chi connectivity index (χ0v) is 21.2. The van der Waals surface area contributed by atoms with Gasteiger partial charge in [0.1, 0.15) is 0 Å². The summed E-state index contributed by atoms with van der Waals surface area (Å²) in [6.07, 6.45) is 17.2. The lowest BCUT2D eigenvalue weighted by Crippen LogP contribution is -2.07. The van der Waals surface area contributed by atoms with Crippen molar-refractivity contribution in [2.75, 3.05) is 0 Å². The van der Waals surface area contributed by atoms with Crippen molar-refractivity contribution in [3.63, 3.8) is 0 Å². The van der Waals surface area contributed by atoms with E-state index in [0.29, 0.717) is 5.92 Å². The second-order valence-electron chi connectivity index (χ2n) is 10.4. The fourth-order valence-electron chi connectivity index (χ4n) is 6.63. The summed E-state index contributed by atoms with van der Waals surface area (Å²) in [4.78, 5) is 0. The minimum absolute atomic E-state index is 0.493. The van der Waals surface area contributed by atoms with E-state index in [-0.39, 0.29) is 0 Å². The summed E-state index contributed by atoms with van der Waals surface area (Å²) in [7, 11) is 0. The highest BCUT2D eigenvalue weighted by molar-refractivity contribution is 6.24. The smallest absolute Gasteiger partial charge is 0.0788 e. The summed E-state index contributed by atoms with van der Waals surface area (Å²) >= 11 is 0. The van der Waals surface area contributed by atoms with Gasteiger partial charge in [0, 0.05) is 38.8 Å².